The van der Waals surface area contributed by atoms with Gasteiger partial charge in [-0.05, 0) is 41.5 Å². The van der Waals surface area contributed by atoms with Crippen LogP contribution >= 0.6 is 0 Å². The smallest absolute Gasteiger partial charge is 0.138 e. The van der Waals surface area contributed by atoms with Crippen LogP contribution < -0.4 is 10.1 Å². The molecule has 30 heavy (non-hydrogen) atoms. The number of fused-ring (bicyclic) bond motifs is 1. The first-order chi connectivity index (χ1) is 14.7. The molecule has 2 aromatic heterocycles. The lowest BCUT2D eigenvalue weighted by molar-refractivity contribution is 0.0254. The predicted molar refractivity (Wildman–Crippen MR) is 117 cm³/mol. The van der Waals surface area contributed by atoms with Crippen molar-refractivity contribution in [3.8, 4) is 22.9 Å². The summed E-state index contributed by atoms with van der Waals surface area (Å²) in [5.41, 5.74) is 4.80. The van der Waals surface area contributed by atoms with E-state index < -0.39 is 0 Å². The van der Waals surface area contributed by atoms with E-state index in [0.29, 0.717) is 24.5 Å². The Morgan fingerprint density at radius 1 is 1.33 bits per heavy atom. The van der Waals surface area contributed by atoms with Crippen molar-refractivity contribution >= 4 is 22.9 Å². The van der Waals surface area contributed by atoms with Crippen LogP contribution in [0.1, 0.15) is 24.1 Å². The normalized spacial score (nSPS) is 15.0. The number of ether oxygens (including phenoxy) is 2. The third kappa shape index (κ3) is 3.91. The summed E-state index contributed by atoms with van der Waals surface area (Å²) in [6.45, 7) is 1.38. The maximum atomic E-state index is 9.69. The van der Waals surface area contributed by atoms with Gasteiger partial charge in [0.2, 0.25) is 0 Å². The van der Waals surface area contributed by atoms with E-state index in [1.165, 1.54) is 6.21 Å². The van der Waals surface area contributed by atoms with Gasteiger partial charge in [-0.1, -0.05) is 6.07 Å². The van der Waals surface area contributed by atoms with Crippen molar-refractivity contribution in [3.05, 3.63) is 53.9 Å². The fraction of sp³-hybridized carbons (Fsp3) is 0.261. The topological polar surface area (TPSA) is 107 Å². The van der Waals surface area contributed by atoms with Gasteiger partial charge in [-0.15, -0.1) is 0 Å². The van der Waals surface area contributed by atoms with Crippen LogP contribution in [0.4, 0.5) is 0 Å². The molecule has 1 aromatic carbocycles. The number of benzene rings is 1. The van der Waals surface area contributed by atoms with Gasteiger partial charge in [-0.25, -0.2) is 4.98 Å². The lowest BCUT2D eigenvalue weighted by atomic mass is 10.0. The van der Waals surface area contributed by atoms with Crippen LogP contribution in [0.3, 0.4) is 0 Å². The average Bonchev–Trinajstić information content (AvgIpc) is 3.22. The third-order valence-electron chi connectivity index (χ3n) is 5.21. The molecule has 1 aliphatic heterocycles. The minimum atomic E-state index is 0.0807. The fourth-order valence-electron chi connectivity index (χ4n) is 3.68. The highest BCUT2D eigenvalue weighted by Crippen LogP contribution is 2.33. The molecule has 3 N–H and O–H groups in total. The fourth-order valence-corrected chi connectivity index (χ4v) is 3.68. The molecule has 0 atom stereocenters. The molecule has 4 rings (SSSR count). The van der Waals surface area contributed by atoms with E-state index in [9.17, 15) is 5.26 Å². The zero-order chi connectivity index (χ0) is 20.9. The quantitative estimate of drug-likeness (QED) is 0.544. The van der Waals surface area contributed by atoms with Crippen LogP contribution in [0.5, 0.6) is 5.75 Å². The van der Waals surface area contributed by atoms with Gasteiger partial charge in [-0.3, -0.25) is 0 Å². The van der Waals surface area contributed by atoms with Gasteiger partial charge in [0.05, 0.1) is 30.2 Å². The summed E-state index contributed by atoms with van der Waals surface area (Å²) in [4.78, 5) is 7.72. The summed E-state index contributed by atoms with van der Waals surface area (Å²) in [6.07, 6.45) is 6.41. The van der Waals surface area contributed by atoms with Crippen LogP contribution in [0, 0.1) is 16.7 Å². The number of aromatic nitrogens is 2. The maximum absolute atomic E-state index is 9.69. The SMILES string of the molecule is CN/C(=C\C=N)c1cc2c(-c3ccc(OC4CCOCC4)c(C#N)c3)ccnc2[nH]1. The monoisotopic (exact) mass is 401 g/mol. The number of nitrogens with one attached hydrogen (secondary N) is 3. The second-order valence-electron chi connectivity index (χ2n) is 7.05. The Morgan fingerprint density at radius 2 is 2.17 bits per heavy atom. The van der Waals surface area contributed by atoms with Crippen molar-refractivity contribution in [2.75, 3.05) is 20.3 Å². The van der Waals surface area contributed by atoms with Crippen molar-refractivity contribution in [2.45, 2.75) is 18.9 Å². The lowest BCUT2D eigenvalue weighted by Gasteiger charge is -2.23. The number of aromatic amines is 1. The number of pyridine rings is 1. The van der Waals surface area contributed by atoms with Crippen LogP contribution in [0.2, 0.25) is 0 Å². The molecule has 0 spiro atoms. The van der Waals surface area contributed by atoms with Crippen molar-refractivity contribution in [1.29, 1.82) is 10.7 Å². The largest absolute Gasteiger partial charge is 0.489 e. The van der Waals surface area contributed by atoms with Gasteiger partial charge in [-0.2, -0.15) is 5.26 Å². The van der Waals surface area contributed by atoms with E-state index in [0.717, 1.165) is 46.4 Å². The summed E-state index contributed by atoms with van der Waals surface area (Å²) in [5, 5.41) is 21.1. The molecule has 1 saturated heterocycles. The van der Waals surface area contributed by atoms with Gasteiger partial charge in [0.1, 0.15) is 23.6 Å². The first-order valence-electron chi connectivity index (χ1n) is 9.89. The molecule has 1 aliphatic rings. The van der Waals surface area contributed by atoms with E-state index in [4.69, 9.17) is 14.9 Å². The number of hydrogen-bond acceptors (Lipinski definition) is 6. The number of allylic oxidation sites excluding steroid dienone is 1. The van der Waals surface area contributed by atoms with Crippen molar-refractivity contribution in [1.82, 2.24) is 15.3 Å². The van der Waals surface area contributed by atoms with Crippen LogP contribution in [0.15, 0.2) is 42.6 Å². The standard InChI is InChI=1S/C23H23N5O2/c1-26-20(4-8-24)21-13-19-18(5-9-27-23(19)28-21)15-2-3-22(16(12-15)14-25)30-17-6-10-29-11-7-17/h2-5,8-9,12-13,17,24,26H,6-7,10-11H2,1H3,(H,27,28)/b20-4-,24-8?. The number of nitriles is 1. The highest BCUT2D eigenvalue weighted by molar-refractivity contribution is 5.96. The van der Waals surface area contributed by atoms with Crippen molar-refractivity contribution in [3.63, 3.8) is 0 Å². The summed E-state index contributed by atoms with van der Waals surface area (Å²) >= 11 is 0. The Balaban J connectivity index is 1.71. The molecule has 7 heteroatoms. The van der Waals surface area contributed by atoms with Gasteiger partial charge in [0.15, 0.2) is 0 Å². The van der Waals surface area contributed by atoms with E-state index in [-0.39, 0.29) is 6.10 Å². The summed E-state index contributed by atoms with van der Waals surface area (Å²) < 4.78 is 11.5. The van der Waals surface area contributed by atoms with Gasteiger partial charge < -0.3 is 25.2 Å². The molecule has 3 aromatic rings. The zero-order valence-corrected chi connectivity index (χ0v) is 16.7. The molecule has 152 valence electrons. The van der Waals surface area contributed by atoms with E-state index in [2.05, 4.69) is 21.4 Å². The average molecular weight is 401 g/mol. The Bertz CT molecular complexity index is 1140. The van der Waals surface area contributed by atoms with Gasteiger partial charge in [0.25, 0.3) is 0 Å². The second kappa shape index (κ2) is 8.80. The second-order valence-corrected chi connectivity index (χ2v) is 7.05. The Hall–Kier alpha value is -3.63. The summed E-state index contributed by atoms with van der Waals surface area (Å²) in [5.74, 6) is 0.611. The van der Waals surface area contributed by atoms with Crippen molar-refractivity contribution in [2.24, 2.45) is 0 Å². The summed E-state index contributed by atoms with van der Waals surface area (Å²) in [6, 6.07) is 11.9. The molecular weight excluding hydrogens is 378 g/mol. The third-order valence-corrected chi connectivity index (χ3v) is 5.21. The number of nitrogens with zero attached hydrogens (tertiary/aromatic N) is 2. The van der Waals surface area contributed by atoms with Crippen LogP contribution in [-0.2, 0) is 4.74 Å². The Kier molecular flexibility index (Phi) is 5.77. The Labute approximate surface area is 174 Å². The van der Waals surface area contributed by atoms with Crippen LogP contribution in [0.25, 0.3) is 27.9 Å². The lowest BCUT2D eigenvalue weighted by Crippen LogP contribution is -2.26. The first-order valence-corrected chi connectivity index (χ1v) is 9.89. The first kappa shape index (κ1) is 19.7. The van der Waals surface area contributed by atoms with Gasteiger partial charge in [0, 0.05) is 37.7 Å². The van der Waals surface area contributed by atoms with E-state index in [1.54, 1.807) is 12.3 Å². The molecule has 0 aliphatic carbocycles. The number of hydrogen-bond donors (Lipinski definition) is 3. The van der Waals surface area contributed by atoms with E-state index in [1.807, 2.05) is 37.4 Å². The molecule has 7 nitrogen and oxygen atoms in total. The molecular formula is C23H23N5O2. The minimum Gasteiger partial charge on any atom is -0.489 e. The Morgan fingerprint density at radius 3 is 2.90 bits per heavy atom. The molecule has 0 bridgehead atoms. The summed E-state index contributed by atoms with van der Waals surface area (Å²) in [7, 11) is 1.81. The zero-order valence-electron chi connectivity index (χ0n) is 16.7. The highest BCUT2D eigenvalue weighted by atomic mass is 16.5. The highest BCUT2D eigenvalue weighted by Gasteiger charge is 2.18. The predicted octanol–water partition coefficient (Wildman–Crippen LogP) is 3.87. The number of H-pyrrole nitrogens is 1. The van der Waals surface area contributed by atoms with E-state index >= 15 is 0 Å². The molecule has 3 heterocycles. The molecule has 0 amide bonds. The molecule has 0 radical (unpaired) electrons. The maximum Gasteiger partial charge on any atom is 0.138 e. The molecule has 0 saturated carbocycles. The van der Waals surface area contributed by atoms with Gasteiger partial charge >= 0.3 is 0 Å². The minimum absolute atomic E-state index is 0.0807. The van der Waals surface area contributed by atoms with Crippen LogP contribution in [-0.4, -0.2) is 42.5 Å². The number of rotatable bonds is 6. The molecule has 1 fully saturated rings. The molecule has 0 unspecified atom stereocenters. The van der Waals surface area contributed by atoms with Crippen molar-refractivity contribution < 1.29 is 9.47 Å².